The molecular formula is C23H31F2N3O4. The van der Waals surface area contributed by atoms with Crippen molar-refractivity contribution < 1.29 is 27.8 Å². The highest BCUT2D eigenvalue weighted by Crippen LogP contribution is 2.38. The quantitative estimate of drug-likeness (QED) is 0.521. The topological polar surface area (TPSA) is 74.6 Å². The summed E-state index contributed by atoms with van der Waals surface area (Å²) < 4.78 is 43.6. The van der Waals surface area contributed by atoms with Crippen molar-refractivity contribution in [3.05, 3.63) is 30.2 Å². The minimum atomic E-state index is -3.01. The van der Waals surface area contributed by atoms with Crippen LogP contribution in [0, 0.1) is 0 Å². The number of amides is 1. The van der Waals surface area contributed by atoms with Crippen molar-refractivity contribution in [1.29, 1.82) is 0 Å². The van der Waals surface area contributed by atoms with Crippen LogP contribution in [0.25, 0.3) is 11.3 Å². The molecule has 1 aromatic carbocycles. The van der Waals surface area contributed by atoms with Gasteiger partial charge in [-0.15, -0.1) is 0 Å². The summed E-state index contributed by atoms with van der Waals surface area (Å²) in [4.78, 5) is 16.6. The Kier molecular flexibility index (Phi) is 8.44. The number of aromatic nitrogens is 2. The average molecular weight is 452 g/mol. The molecule has 1 fully saturated rings. The normalized spacial score (nSPS) is 14.7. The van der Waals surface area contributed by atoms with Gasteiger partial charge in [0.2, 0.25) is 0 Å². The van der Waals surface area contributed by atoms with E-state index in [0.29, 0.717) is 36.0 Å². The molecule has 1 heterocycles. The number of benzene rings is 1. The van der Waals surface area contributed by atoms with Crippen molar-refractivity contribution in [2.45, 2.75) is 71.1 Å². The van der Waals surface area contributed by atoms with E-state index < -0.39 is 12.7 Å². The maximum Gasteiger partial charge on any atom is 0.411 e. The second-order valence-corrected chi connectivity index (χ2v) is 8.15. The van der Waals surface area contributed by atoms with E-state index in [1.165, 1.54) is 12.5 Å². The Balaban J connectivity index is 1.97. The van der Waals surface area contributed by atoms with Gasteiger partial charge in [-0.1, -0.05) is 19.3 Å². The van der Waals surface area contributed by atoms with E-state index in [0.717, 1.165) is 31.5 Å². The highest BCUT2D eigenvalue weighted by Gasteiger charge is 2.24. The van der Waals surface area contributed by atoms with Gasteiger partial charge in [0.1, 0.15) is 11.6 Å². The molecule has 1 saturated carbocycles. The fourth-order valence-corrected chi connectivity index (χ4v) is 4.08. The SMILES string of the molecule is COCCn1c(-c2ccc(NC(=O)OC(C)C)cc2OC(F)F)cnc1C1CCCCC1. The van der Waals surface area contributed by atoms with Gasteiger partial charge in [0.25, 0.3) is 0 Å². The van der Waals surface area contributed by atoms with E-state index >= 15 is 0 Å². The first kappa shape index (κ1) is 24.0. The third kappa shape index (κ3) is 6.18. The monoisotopic (exact) mass is 451 g/mol. The summed E-state index contributed by atoms with van der Waals surface area (Å²) in [5.74, 6) is 1.24. The molecule has 0 unspecified atom stereocenters. The summed E-state index contributed by atoms with van der Waals surface area (Å²) in [5, 5.41) is 2.54. The highest BCUT2D eigenvalue weighted by molar-refractivity contribution is 5.86. The van der Waals surface area contributed by atoms with Gasteiger partial charge in [-0.3, -0.25) is 5.32 Å². The molecule has 3 rings (SSSR count). The highest BCUT2D eigenvalue weighted by atomic mass is 19.3. The minimum absolute atomic E-state index is 0.0453. The van der Waals surface area contributed by atoms with E-state index in [1.54, 1.807) is 39.3 Å². The standard InChI is InChI=1S/C23H31F2N3O4/c1-15(2)31-23(29)27-17-9-10-18(20(13-17)32-22(24)25)19-14-26-21(28(19)11-12-30-3)16-7-5-4-6-8-16/h9-10,13-16,22H,4-8,11-12H2,1-3H3,(H,27,29). The van der Waals surface area contributed by atoms with Crippen LogP contribution < -0.4 is 10.1 Å². The zero-order valence-electron chi connectivity index (χ0n) is 18.8. The van der Waals surface area contributed by atoms with E-state index in [9.17, 15) is 13.6 Å². The maximum atomic E-state index is 13.2. The number of nitrogens with zero attached hydrogens (tertiary/aromatic N) is 2. The predicted molar refractivity (Wildman–Crippen MR) is 117 cm³/mol. The Morgan fingerprint density at radius 2 is 2.00 bits per heavy atom. The average Bonchev–Trinajstić information content (AvgIpc) is 3.15. The number of ether oxygens (including phenoxy) is 3. The predicted octanol–water partition coefficient (Wildman–Crippen LogP) is 5.80. The lowest BCUT2D eigenvalue weighted by molar-refractivity contribution is -0.0494. The molecule has 7 nitrogen and oxygen atoms in total. The molecule has 1 aliphatic carbocycles. The van der Waals surface area contributed by atoms with Gasteiger partial charge in [-0.2, -0.15) is 8.78 Å². The first-order valence-electron chi connectivity index (χ1n) is 11.0. The molecule has 1 aromatic heterocycles. The number of imidazole rings is 1. The third-order valence-corrected chi connectivity index (χ3v) is 5.44. The number of carbonyl (C=O) groups excluding carboxylic acids is 1. The van der Waals surface area contributed by atoms with Gasteiger partial charge in [-0.05, 0) is 38.8 Å². The molecule has 0 bridgehead atoms. The lowest BCUT2D eigenvalue weighted by atomic mass is 9.88. The van der Waals surface area contributed by atoms with Crippen molar-refractivity contribution in [2.24, 2.45) is 0 Å². The molecule has 0 aliphatic heterocycles. The van der Waals surface area contributed by atoms with Gasteiger partial charge in [0, 0.05) is 36.9 Å². The van der Waals surface area contributed by atoms with Crippen LogP contribution >= 0.6 is 0 Å². The Hall–Kier alpha value is -2.68. The summed E-state index contributed by atoms with van der Waals surface area (Å²) in [5.41, 5.74) is 1.44. The molecule has 1 amide bonds. The summed E-state index contributed by atoms with van der Waals surface area (Å²) in [6.07, 6.45) is 6.39. The molecule has 0 atom stereocenters. The lowest BCUT2D eigenvalue weighted by Crippen LogP contribution is -2.18. The second-order valence-electron chi connectivity index (χ2n) is 8.15. The van der Waals surface area contributed by atoms with Crippen molar-refractivity contribution in [2.75, 3.05) is 19.0 Å². The van der Waals surface area contributed by atoms with Gasteiger partial charge in [0.15, 0.2) is 0 Å². The molecular weight excluding hydrogens is 420 g/mol. The van der Waals surface area contributed by atoms with Crippen LogP contribution in [-0.2, 0) is 16.0 Å². The first-order valence-corrected chi connectivity index (χ1v) is 11.0. The molecule has 0 saturated heterocycles. The molecule has 9 heteroatoms. The number of anilines is 1. The van der Waals surface area contributed by atoms with E-state index in [-0.39, 0.29) is 11.9 Å². The summed E-state index contributed by atoms with van der Waals surface area (Å²) in [7, 11) is 1.62. The minimum Gasteiger partial charge on any atom is -0.447 e. The molecule has 1 N–H and O–H groups in total. The Labute approximate surface area is 187 Å². The number of halogens is 2. The fourth-order valence-electron chi connectivity index (χ4n) is 4.08. The van der Waals surface area contributed by atoms with E-state index in [4.69, 9.17) is 14.2 Å². The van der Waals surface area contributed by atoms with Crippen LogP contribution in [0.1, 0.15) is 57.7 Å². The van der Waals surface area contributed by atoms with Crippen molar-refractivity contribution in [3.8, 4) is 17.0 Å². The zero-order valence-corrected chi connectivity index (χ0v) is 18.8. The Morgan fingerprint density at radius 1 is 1.25 bits per heavy atom. The lowest BCUT2D eigenvalue weighted by Gasteiger charge is -2.23. The van der Waals surface area contributed by atoms with Crippen molar-refractivity contribution >= 4 is 11.8 Å². The second kappa shape index (κ2) is 11.3. The number of nitrogens with one attached hydrogen (secondary N) is 1. The van der Waals surface area contributed by atoms with Crippen LogP contribution in [0.15, 0.2) is 24.4 Å². The molecule has 0 radical (unpaired) electrons. The summed E-state index contributed by atoms with van der Waals surface area (Å²) in [6, 6.07) is 4.65. The van der Waals surface area contributed by atoms with Crippen molar-refractivity contribution in [3.63, 3.8) is 0 Å². The fraction of sp³-hybridized carbons (Fsp3) is 0.565. The Morgan fingerprint density at radius 3 is 2.66 bits per heavy atom. The van der Waals surface area contributed by atoms with Gasteiger partial charge in [-0.25, -0.2) is 9.78 Å². The van der Waals surface area contributed by atoms with Crippen LogP contribution in [0.5, 0.6) is 5.75 Å². The van der Waals surface area contributed by atoms with Crippen molar-refractivity contribution in [1.82, 2.24) is 9.55 Å². The van der Waals surface area contributed by atoms with Crippen LogP contribution in [0.4, 0.5) is 19.3 Å². The Bertz CT molecular complexity index is 895. The number of rotatable bonds is 9. The van der Waals surface area contributed by atoms with E-state index in [1.807, 2.05) is 4.57 Å². The number of alkyl halides is 2. The number of hydrogen-bond acceptors (Lipinski definition) is 5. The van der Waals surface area contributed by atoms with Gasteiger partial charge < -0.3 is 18.8 Å². The summed E-state index contributed by atoms with van der Waals surface area (Å²) >= 11 is 0. The smallest absolute Gasteiger partial charge is 0.411 e. The molecule has 176 valence electrons. The molecule has 32 heavy (non-hydrogen) atoms. The van der Waals surface area contributed by atoms with Crippen LogP contribution in [-0.4, -0.2) is 42.1 Å². The largest absolute Gasteiger partial charge is 0.447 e. The van der Waals surface area contributed by atoms with E-state index in [2.05, 4.69) is 10.3 Å². The maximum absolute atomic E-state index is 13.2. The molecule has 1 aliphatic rings. The van der Waals surface area contributed by atoms with Crippen LogP contribution in [0.2, 0.25) is 0 Å². The molecule has 0 spiro atoms. The molecule has 2 aromatic rings. The van der Waals surface area contributed by atoms with Gasteiger partial charge in [0.05, 0.1) is 24.6 Å². The van der Waals surface area contributed by atoms with Crippen LogP contribution in [0.3, 0.4) is 0 Å². The number of hydrogen-bond donors (Lipinski definition) is 1. The summed E-state index contributed by atoms with van der Waals surface area (Å²) in [6.45, 7) is 1.44. The number of carbonyl (C=O) groups is 1. The first-order chi connectivity index (χ1) is 15.4. The number of methoxy groups -OCH3 is 1. The third-order valence-electron chi connectivity index (χ3n) is 5.44. The zero-order chi connectivity index (χ0) is 23.1. The van der Waals surface area contributed by atoms with Gasteiger partial charge >= 0.3 is 12.7 Å².